The minimum atomic E-state index is -0.154. The third kappa shape index (κ3) is 3.77. The standard InChI is InChI=1S/C13H18N4OS2/c1-3-6-9(10-7-5-8-19-10)15-11(18)12-16-17-13(20-12)14-4-2/h5,7-9H,3-4,6H2,1-2H3,(H,14,17)(H,15,18). The zero-order chi connectivity index (χ0) is 14.4. The number of aromatic nitrogens is 2. The van der Waals surface area contributed by atoms with E-state index >= 15 is 0 Å². The molecule has 1 atom stereocenters. The average Bonchev–Trinajstić information content (AvgIpc) is 3.09. The van der Waals surface area contributed by atoms with E-state index in [2.05, 4.69) is 33.8 Å². The van der Waals surface area contributed by atoms with Gasteiger partial charge in [-0.3, -0.25) is 4.79 Å². The van der Waals surface area contributed by atoms with E-state index in [9.17, 15) is 4.79 Å². The van der Waals surface area contributed by atoms with Gasteiger partial charge >= 0.3 is 0 Å². The lowest BCUT2D eigenvalue weighted by molar-refractivity contribution is 0.0934. The number of hydrogen-bond donors (Lipinski definition) is 2. The highest BCUT2D eigenvalue weighted by Gasteiger charge is 2.19. The van der Waals surface area contributed by atoms with Crippen LogP contribution in [0.25, 0.3) is 0 Å². The second-order valence-corrected chi connectivity index (χ2v) is 6.23. The number of nitrogens with zero attached hydrogens (tertiary/aromatic N) is 2. The molecule has 108 valence electrons. The average molecular weight is 310 g/mol. The molecule has 2 aromatic rings. The molecule has 2 heterocycles. The molecule has 0 fully saturated rings. The van der Waals surface area contributed by atoms with Crippen LogP contribution in [0.3, 0.4) is 0 Å². The molecule has 0 radical (unpaired) electrons. The topological polar surface area (TPSA) is 66.9 Å². The Kier molecular flexibility index (Phi) is 5.49. The predicted molar refractivity (Wildman–Crippen MR) is 83.5 cm³/mol. The summed E-state index contributed by atoms with van der Waals surface area (Å²) in [6.45, 7) is 4.86. The minimum absolute atomic E-state index is 0.0546. The van der Waals surface area contributed by atoms with Crippen molar-refractivity contribution in [2.24, 2.45) is 0 Å². The molecule has 7 heteroatoms. The highest BCUT2D eigenvalue weighted by molar-refractivity contribution is 7.17. The normalized spacial score (nSPS) is 12.1. The van der Waals surface area contributed by atoms with Gasteiger partial charge in [0.1, 0.15) is 0 Å². The van der Waals surface area contributed by atoms with Gasteiger partial charge in [-0.1, -0.05) is 30.7 Å². The number of anilines is 1. The molecular formula is C13H18N4OS2. The third-order valence-corrected chi connectivity index (χ3v) is 4.58. The van der Waals surface area contributed by atoms with Crippen molar-refractivity contribution in [2.45, 2.75) is 32.7 Å². The Morgan fingerprint density at radius 2 is 2.25 bits per heavy atom. The highest BCUT2D eigenvalue weighted by atomic mass is 32.1. The van der Waals surface area contributed by atoms with Crippen LogP contribution < -0.4 is 10.6 Å². The van der Waals surface area contributed by atoms with E-state index in [1.165, 1.54) is 16.2 Å². The minimum Gasteiger partial charge on any atom is -0.360 e. The Bertz CT molecular complexity index is 538. The molecule has 5 nitrogen and oxygen atoms in total. The molecule has 2 aromatic heterocycles. The first kappa shape index (κ1) is 14.9. The summed E-state index contributed by atoms with van der Waals surface area (Å²) in [5, 5.41) is 17.1. The van der Waals surface area contributed by atoms with Gasteiger partial charge in [0.05, 0.1) is 6.04 Å². The van der Waals surface area contributed by atoms with Gasteiger partial charge in [-0.05, 0) is 24.8 Å². The second kappa shape index (κ2) is 7.35. The van der Waals surface area contributed by atoms with Crippen LogP contribution >= 0.6 is 22.7 Å². The molecule has 2 rings (SSSR count). The third-order valence-electron chi connectivity index (χ3n) is 2.72. The Labute approximate surface area is 126 Å². The molecule has 20 heavy (non-hydrogen) atoms. The van der Waals surface area contributed by atoms with Crippen LogP contribution in [-0.2, 0) is 0 Å². The molecule has 2 N–H and O–H groups in total. The first-order valence-electron chi connectivity index (χ1n) is 6.66. The molecule has 0 aliphatic heterocycles. The van der Waals surface area contributed by atoms with Crippen molar-refractivity contribution in [1.82, 2.24) is 15.5 Å². The number of amides is 1. The van der Waals surface area contributed by atoms with Crippen molar-refractivity contribution in [1.29, 1.82) is 0 Å². The molecule has 0 spiro atoms. The smallest absolute Gasteiger partial charge is 0.282 e. The fraction of sp³-hybridized carbons (Fsp3) is 0.462. The second-order valence-electron chi connectivity index (χ2n) is 4.27. The fourth-order valence-corrected chi connectivity index (χ4v) is 3.35. The monoisotopic (exact) mass is 310 g/mol. The van der Waals surface area contributed by atoms with Gasteiger partial charge in [0.2, 0.25) is 10.1 Å². The van der Waals surface area contributed by atoms with Gasteiger partial charge < -0.3 is 10.6 Å². The molecule has 0 saturated carbocycles. The fourth-order valence-electron chi connectivity index (χ4n) is 1.82. The molecule has 1 amide bonds. The van der Waals surface area contributed by atoms with Crippen molar-refractivity contribution in [3.05, 3.63) is 27.4 Å². The van der Waals surface area contributed by atoms with Gasteiger partial charge in [-0.25, -0.2) is 0 Å². The quantitative estimate of drug-likeness (QED) is 0.823. The van der Waals surface area contributed by atoms with Gasteiger partial charge in [-0.15, -0.1) is 21.5 Å². The van der Waals surface area contributed by atoms with Crippen LogP contribution in [0.5, 0.6) is 0 Å². The van der Waals surface area contributed by atoms with Crippen LogP contribution in [0.2, 0.25) is 0 Å². The number of rotatable bonds is 7. The van der Waals surface area contributed by atoms with E-state index in [0.717, 1.165) is 19.4 Å². The summed E-state index contributed by atoms with van der Waals surface area (Å²) in [6, 6.07) is 4.11. The summed E-state index contributed by atoms with van der Waals surface area (Å²) in [7, 11) is 0. The van der Waals surface area contributed by atoms with Gasteiger partial charge in [0, 0.05) is 11.4 Å². The Morgan fingerprint density at radius 3 is 2.90 bits per heavy atom. The first-order valence-corrected chi connectivity index (χ1v) is 8.35. The summed E-state index contributed by atoms with van der Waals surface area (Å²) in [4.78, 5) is 13.4. The maximum atomic E-state index is 12.2. The number of thiophene rings is 1. The SMILES string of the molecule is CCCC(NC(=O)c1nnc(NCC)s1)c1cccs1. The van der Waals surface area contributed by atoms with E-state index in [0.29, 0.717) is 10.1 Å². The summed E-state index contributed by atoms with van der Waals surface area (Å²) in [5.41, 5.74) is 0. The Balaban J connectivity index is 2.03. The van der Waals surface area contributed by atoms with Crippen molar-refractivity contribution < 1.29 is 4.79 Å². The lowest BCUT2D eigenvalue weighted by Gasteiger charge is -2.15. The zero-order valence-electron chi connectivity index (χ0n) is 11.5. The number of hydrogen-bond acceptors (Lipinski definition) is 6. The van der Waals surface area contributed by atoms with Crippen LogP contribution in [0, 0.1) is 0 Å². The van der Waals surface area contributed by atoms with Crippen LogP contribution in [-0.4, -0.2) is 22.6 Å². The van der Waals surface area contributed by atoms with Gasteiger partial charge in [0.15, 0.2) is 0 Å². The van der Waals surface area contributed by atoms with Crippen LogP contribution in [0.1, 0.15) is 47.4 Å². The molecule has 0 aromatic carbocycles. The lowest BCUT2D eigenvalue weighted by Crippen LogP contribution is -2.27. The maximum Gasteiger partial charge on any atom is 0.282 e. The number of carbonyl (C=O) groups is 1. The van der Waals surface area contributed by atoms with E-state index < -0.39 is 0 Å². The van der Waals surface area contributed by atoms with E-state index in [1.807, 2.05) is 18.4 Å². The van der Waals surface area contributed by atoms with Gasteiger partial charge in [0.25, 0.3) is 5.91 Å². The molecular weight excluding hydrogens is 292 g/mol. The first-order chi connectivity index (χ1) is 9.74. The van der Waals surface area contributed by atoms with E-state index in [1.54, 1.807) is 11.3 Å². The lowest BCUT2D eigenvalue weighted by atomic mass is 10.1. The van der Waals surface area contributed by atoms with Crippen LogP contribution in [0.15, 0.2) is 17.5 Å². The highest BCUT2D eigenvalue weighted by Crippen LogP contribution is 2.24. The summed E-state index contributed by atoms with van der Waals surface area (Å²) in [6.07, 6.45) is 1.94. The summed E-state index contributed by atoms with van der Waals surface area (Å²) in [5.74, 6) is -0.154. The molecule has 0 saturated heterocycles. The van der Waals surface area contributed by atoms with Crippen molar-refractivity contribution in [3.63, 3.8) is 0 Å². The summed E-state index contributed by atoms with van der Waals surface area (Å²) < 4.78 is 0. The van der Waals surface area contributed by atoms with Crippen molar-refractivity contribution >= 4 is 33.7 Å². The predicted octanol–water partition coefficient (Wildman–Crippen LogP) is 3.30. The molecule has 0 bridgehead atoms. The van der Waals surface area contributed by atoms with Crippen molar-refractivity contribution in [2.75, 3.05) is 11.9 Å². The van der Waals surface area contributed by atoms with E-state index in [4.69, 9.17) is 0 Å². The maximum absolute atomic E-state index is 12.2. The number of carbonyl (C=O) groups excluding carboxylic acids is 1. The number of nitrogens with one attached hydrogen (secondary N) is 2. The largest absolute Gasteiger partial charge is 0.360 e. The molecule has 0 aliphatic carbocycles. The Hall–Kier alpha value is -1.47. The van der Waals surface area contributed by atoms with Gasteiger partial charge in [-0.2, -0.15) is 0 Å². The Morgan fingerprint density at radius 1 is 1.40 bits per heavy atom. The molecule has 1 unspecified atom stereocenters. The zero-order valence-corrected chi connectivity index (χ0v) is 13.2. The molecule has 0 aliphatic rings. The van der Waals surface area contributed by atoms with Crippen molar-refractivity contribution in [3.8, 4) is 0 Å². The van der Waals surface area contributed by atoms with Crippen LogP contribution in [0.4, 0.5) is 5.13 Å². The van der Waals surface area contributed by atoms with E-state index in [-0.39, 0.29) is 11.9 Å². The summed E-state index contributed by atoms with van der Waals surface area (Å²) >= 11 is 2.94.